The molecule has 0 bridgehead atoms. The summed E-state index contributed by atoms with van der Waals surface area (Å²) in [6, 6.07) is 15.6. The number of hydrogen-bond donors (Lipinski definition) is 2. The van der Waals surface area contributed by atoms with E-state index in [4.69, 9.17) is 0 Å². The monoisotopic (exact) mass is 406 g/mol. The topological polar surface area (TPSA) is 90.9 Å². The second kappa shape index (κ2) is 9.82. The Hall–Kier alpha value is -3.48. The number of rotatable bonds is 7. The number of carbonyl (C=O) groups excluding carboxylic acids is 3. The summed E-state index contributed by atoms with van der Waals surface area (Å²) < 4.78 is 0. The lowest BCUT2D eigenvalue weighted by molar-refractivity contribution is -0.123. The summed E-state index contributed by atoms with van der Waals surface area (Å²) in [5.74, 6) is -0.854. The number of hydrogen-bond acceptors (Lipinski definition) is 4. The number of nitrogens with zero attached hydrogens (tertiary/aromatic N) is 2. The summed E-state index contributed by atoms with van der Waals surface area (Å²) in [6.45, 7) is 4.19. The maximum atomic E-state index is 12.5. The van der Waals surface area contributed by atoms with Crippen molar-refractivity contribution >= 4 is 29.1 Å². The van der Waals surface area contributed by atoms with E-state index < -0.39 is 5.91 Å². The Kier molecular flexibility index (Phi) is 6.95. The van der Waals surface area contributed by atoms with Crippen molar-refractivity contribution in [1.82, 2.24) is 10.6 Å². The third-order valence-electron chi connectivity index (χ3n) is 4.88. The van der Waals surface area contributed by atoms with Gasteiger partial charge in [-0.3, -0.25) is 14.4 Å². The van der Waals surface area contributed by atoms with E-state index in [1.165, 1.54) is 5.01 Å². The van der Waals surface area contributed by atoms with Gasteiger partial charge in [-0.15, -0.1) is 0 Å². The number of benzene rings is 2. The molecule has 2 aromatic carbocycles. The molecule has 0 spiro atoms. The zero-order chi connectivity index (χ0) is 21.5. The van der Waals surface area contributed by atoms with Crippen LogP contribution in [0, 0.1) is 13.8 Å². The van der Waals surface area contributed by atoms with Crippen LogP contribution in [-0.4, -0.2) is 36.5 Å². The molecule has 30 heavy (non-hydrogen) atoms. The standard InChI is InChI=1S/C23H26N4O3/c1-16-8-9-17(2)20(14-16)27-22(29)11-10-19(26-27)23(30)25-15-21(28)24-13-12-18-6-4-3-5-7-18/h3-9,14H,10-13,15H2,1-2H3,(H,24,28)(H,25,30). The first-order valence-electron chi connectivity index (χ1n) is 10.0. The van der Waals surface area contributed by atoms with Crippen molar-refractivity contribution < 1.29 is 14.4 Å². The third kappa shape index (κ3) is 5.53. The van der Waals surface area contributed by atoms with Gasteiger partial charge in [-0.25, -0.2) is 5.01 Å². The Bertz CT molecular complexity index is 970. The molecule has 0 saturated heterocycles. The summed E-state index contributed by atoms with van der Waals surface area (Å²) in [5.41, 5.74) is 3.95. The van der Waals surface area contributed by atoms with Crippen molar-refractivity contribution in [1.29, 1.82) is 0 Å². The van der Waals surface area contributed by atoms with E-state index in [2.05, 4.69) is 15.7 Å². The molecule has 1 heterocycles. The van der Waals surface area contributed by atoms with E-state index in [9.17, 15) is 14.4 Å². The molecule has 0 fully saturated rings. The normalized spacial score (nSPS) is 13.6. The van der Waals surface area contributed by atoms with Gasteiger partial charge in [0.05, 0.1) is 12.2 Å². The van der Waals surface area contributed by atoms with Gasteiger partial charge in [0.15, 0.2) is 0 Å². The molecule has 0 atom stereocenters. The summed E-state index contributed by atoms with van der Waals surface area (Å²) in [5, 5.41) is 10.9. The van der Waals surface area contributed by atoms with Gasteiger partial charge in [0.25, 0.3) is 5.91 Å². The maximum absolute atomic E-state index is 12.5. The molecule has 3 amide bonds. The second-order valence-corrected chi connectivity index (χ2v) is 7.31. The number of hydrazone groups is 1. The molecule has 0 unspecified atom stereocenters. The third-order valence-corrected chi connectivity index (χ3v) is 4.88. The number of amides is 3. The van der Waals surface area contributed by atoms with Gasteiger partial charge in [-0.1, -0.05) is 42.5 Å². The minimum atomic E-state index is -0.434. The Balaban J connectivity index is 1.54. The molecule has 0 aliphatic carbocycles. The second-order valence-electron chi connectivity index (χ2n) is 7.31. The lowest BCUT2D eigenvalue weighted by Crippen LogP contribution is -2.43. The van der Waals surface area contributed by atoms with Crippen LogP contribution in [0.5, 0.6) is 0 Å². The molecule has 0 saturated carbocycles. The van der Waals surface area contributed by atoms with Crippen LogP contribution in [0.4, 0.5) is 5.69 Å². The minimum Gasteiger partial charge on any atom is -0.354 e. The molecule has 7 heteroatoms. The number of aryl methyl sites for hydroxylation is 2. The number of nitrogens with one attached hydrogen (secondary N) is 2. The van der Waals surface area contributed by atoms with Crippen molar-refractivity contribution in [2.45, 2.75) is 33.1 Å². The van der Waals surface area contributed by atoms with Crippen molar-refractivity contribution in [3.8, 4) is 0 Å². The Labute approximate surface area is 176 Å². The number of anilines is 1. The van der Waals surface area contributed by atoms with Crippen molar-refractivity contribution in [2.75, 3.05) is 18.1 Å². The van der Waals surface area contributed by atoms with Crippen molar-refractivity contribution in [3.63, 3.8) is 0 Å². The van der Waals surface area contributed by atoms with Gasteiger partial charge in [0.1, 0.15) is 5.71 Å². The quantitative estimate of drug-likeness (QED) is 0.739. The Morgan fingerprint density at radius 3 is 2.57 bits per heavy atom. The highest BCUT2D eigenvalue weighted by atomic mass is 16.2. The predicted molar refractivity (Wildman–Crippen MR) is 116 cm³/mol. The van der Waals surface area contributed by atoms with E-state index in [-0.39, 0.29) is 36.9 Å². The van der Waals surface area contributed by atoms with Crippen molar-refractivity contribution in [2.24, 2.45) is 5.10 Å². The molecule has 0 radical (unpaired) electrons. The summed E-state index contributed by atoms with van der Waals surface area (Å²) in [7, 11) is 0. The summed E-state index contributed by atoms with van der Waals surface area (Å²) in [4.78, 5) is 36.8. The van der Waals surface area contributed by atoms with E-state index in [0.29, 0.717) is 12.2 Å². The molecular weight excluding hydrogens is 380 g/mol. The largest absolute Gasteiger partial charge is 0.354 e. The Morgan fingerprint density at radius 2 is 1.80 bits per heavy atom. The molecule has 3 rings (SSSR count). The summed E-state index contributed by atoms with van der Waals surface area (Å²) >= 11 is 0. The van der Waals surface area contributed by atoms with Gasteiger partial charge in [0.2, 0.25) is 11.8 Å². The molecule has 156 valence electrons. The fraction of sp³-hybridized carbons (Fsp3) is 0.304. The first kappa shape index (κ1) is 21.2. The first-order chi connectivity index (χ1) is 14.4. The SMILES string of the molecule is Cc1ccc(C)c(N2N=C(C(=O)NCC(=O)NCCc3ccccc3)CCC2=O)c1. The van der Waals surface area contributed by atoms with Crippen molar-refractivity contribution in [3.05, 3.63) is 65.2 Å². The number of carbonyl (C=O) groups is 3. The van der Waals surface area contributed by atoms with E-state index in [1.807, 2.05) is 62.4 Å². The van der Waals surface area contributed by atoms with Crippen LogP contribution in [0.15, 0.2) is 53.6 Å². The van der Waals surface area contributed by atoms with Crippen LogP contribution in [0.2, 0.25) is 0 Å². The summed E-state index contributed by atoms with van der Waals surface area (Å²) in [6.07, 6.45) is 1.17. The average Bonchev–Trinajstić information content (AvgIpc) is 2.75. The minimum absolute atomic E-state index is 0.135. The molecular formula is C23H26N4O3. The predicted octanol–water partition coefficient (Wildman–Crippen LogP) is 2.26. The smallest absolute Gasteiger partial charge is 0.267 e. The highest BCUT2D eigenvalue weighted by Gasteiger charge is 2.26. The first-order valence-corrected chi connectivity index (χ1v) is 10.0. The van der Waals surface area contributed by atoms with Gasteiger partial charge < -0.3 is 10.6 Å². The van der Waals surface area contributed by atoms with Gasteiger partial charge in [0, 0.05) is 19.4 Å². The Morgan fingerprint density at radius 1 is 1.03 bits per heavy atom. The van der Waals surface area contributed by atoms with E-state index in [1.54, 1.807) is 0 Å². The zero-order valence-corrected chi connectivity index (χ0v) is 17.3. The fourth-order valence-electron chi connectivity index (χ4n) is 3.17. The van der Waals surface area contributed by atoms with Gasteiger partial charge in [-0.2, -0.15) is 5.10 Å². The zero-order valence-electron chi connectivity index (χ0n) is 17.3. The molecule has 1 aliphatic rings. The molecule has 2 aromatic rings. The van der Waals surface area contributed by atoms with Crippen LogP contribution in [0.1, 0.15) is 29.5 Å². The lowest BCUT2D eigenvalue weighted by Gasteiger charge is -2.24. The fourth-order valence-corrected chi connectivity index (χ4v) is 3.17. The molecule has 7 nitrogen and oxygen atoms in total. The van der Waals surface area contributed by atoms with Crippen LogP contribution < -0.4 is 15.6 Å². The highest BCUT2D eigenvalue weighted by Crippen LogP contribution is 2.25. The van der Waals surface area contributed by atoms with Crippen LogP contribution in [0.3, 0.4) is 0 Å². The van der Waals surface area contributed by atoms with Crippen LogP contribution >= 0.6 is 0 Å². The van der Waals surface area contributed by atoms with Gasteiger partial charge >= 0.3 is 0 Å². The van der Waals surface area contributed by atoms with E-state index >= 15 is 0 Å². The van der Waals surface area contributed by atoms with E-state index in [0.717, 1.165) is 23.1 Å². The molecule has 1 aliphatic heterocycles. The maximum Gasteiger partial charge on any atom is 0.267 e. The lowest BCUT2D eigenvalue weighted by atomic mass is 10.1. The average molecular weight is 406 g/mol. The molecule has 0 aromatic heterocycles. The van der Waals surface area contributed by atoms with Crippen LogP contribution in [-0.2, 0) is 20.8 Å². The highest BCUT2D eigenvalue weighted by molar-refractivity contribution is 6.40. The van der Waals surface area contributed by atoms with Crippen LogP contribution in [0.25, 0.3) is 0 Å². The van der Waals surface area contributed by atoms with Gasteiger partial charge in [-0.05, 0) is 43.0 Å². The molecule has 2 N–H and O–H groups in total.